The van der Waals surface area contributed by atoms with Crippen LogP contribution in [0.15, 0.2) is 24.3 Å². The molecule has 0 atom stereocenters. The average Bonchev–Trinajstić information content (AvgIpc) is 2.48. The van der Waals surface area contributed by atoms with Crippen LogP contribution < -0.4 is 4.90 Å². The summed E-state index contributed by atoms with van der Waals surface area (Å²) < 4.78 is 4.49. The molecule has 0 aliphatic carbocycles. The third-order valence-electron chi connectivity index (χ3n) is 3.37. The lowest BCUT2D eigenvalue weighted by atomic mass is 10.2. The molecule has 2 rings (SSSR count). The van der Waals surface area contributed by atoms with Crippen LogP contribution in [0.25, 0.3) is 0 Å². The number of phenols is 1. The molecule has 1 amide bonds. The van der Waals surface area contributed by atoms with Crippen LogP contribution in [0.1, 0.15) is 6.42 Å². The van der Waals surface area contributed by atoms with Gasteiger partial charge in [-0.15, -0.1) is 0 Å². The number of methoxy groups -OCH3 is 1. The maximum Gasteiger partial charge on any atom is 0.315 e. The Bertz CT molecular complexity index is 478. The summed E-state index contributed by atoms with van der Waals surface area (Å²) in [5.41, 5.74) is 1.02. The topological polar surface area (TPSA) is 70.1 Å². The van der Waals surface area contributed by atoms with Crippen molar-refractivity contribution >= 4 is 17.6 Å². The highest BCUT2D eigenvalue weighted by Gasteiger charge is 2.23. The normalized spacial score (nSPS) is 15.1. The van der Waals surface area contributed by atoms with Crippen LogP contribution >= 0.6 is 0 Å². The van der Waals surface area contributed by atoms with Crippen LogP contribution in [0.3, 0.4) is 0 Å². The Morgan fingerprint density at radius 3 is 2.30 bits per heavy atom. The Morgan fingerprint density at radius 2 is 1.75 bits per heavy atom. The van der Waals surface area contributed by atoms with Crippen molar-refractivity contribution < 1.29 is 19.4 Å². The molecule has 0 spiro atoms. The first-order chi connectivity index (χ1) is 9.60. The van der Waals surface area contributed by atoms with Crippen molar-refractivity contribution in [2.75, 3.05) is 38.2 Å². The molecule has 1 heterocycles. The van der Waals surface area contributed by atoms with Crippen LogP contribution in [0.5, 0.6) is 5.75 Å². The number of benzene rings is 1. The molecule has 0 unspecified atom stereocenters. The van der Waals surface area contributed by atoms with E-state index in [1.165, 1.54) is 7.11 Å². The number of rotatable bonds is 3. The van der Waals surface area contributed by atoms with Crippen LogP contribution in [-0.4, -0.2) is 55.2 Å². The third-order valence-corrected chi connectivity index (χ3v) is 3.37. The van der Waals surface area contributed by atoms with Gasteiger partial charge >= 0.3 is 5.97 Å². The van der Waals surface area contributed by atoms with Gasteiger partial charge in [-0.2, -0.15) is 0 Å². The molecule has 0 radical (unpaired) electrons. The van der Waals surface area contributed by atoms with Gasteiger partial charge in [-0.1, -0.05) is 0 Å². The number of hydrogen-bond acceptors (Lipinski definition) is 5. The van der Waals surface area contributed by atoms with Crippen molar-refractivity contribution in [3.05, 3.63) is 24.3 Å². The van der Waals surface area contributed by atoms with E-state index >= 15 is 0 Å². The number of amides is 1. The molecule has 6 nitrogen and oxygen atoms in total. The molecular weight excluding hydrogens is 260 g/mol. The quantitative estimate of drug-likeness (QED) is 0.648. The summed E-state index contributed by atoms with van der Waals surface area (Å²) in [5.74, 6) is -0.459. The number of phenolic OH excluding ortho intramolecular Hbond substituents is 1. The zero-order valence-electron chi connectivity index (χ0n) is 11.4. The van der Waals surface area contributed by atoms with E-state index in [1.54, 1.807) is 17.0 Å². The van der Waals surface area contributed by atoms with Gasteiger partial charge in [0.2, 0.25) is 5.91 Å². The number of hydrogen-bond donors (Lipinski definition) is 1. The number of carbonyl (C=O) groups excluding carboxylic acids is 2. The van der Waals surface area contributed by atoms with Crippen molar-refractivity contribution in [2.24, 2.45) is 0 Å². The fraction of sp³-hybridized carbons (Fsp3) is 0.429. The molecule has 0 aromatic heterocycles. The minimum atomic E-state index is -0.504. The molecule has 0 bridgehead atoms. The van der Waals surface area contributed by atoms with Gasteiger partial charge in [0.15, 0.2) is 0 Å². The van der Waals surface area contributed by atoms with E-state index in [2.05, 4.69) is 9.64 Å². The van der Waals surface area contributed by atoms with Crippen molar-refractivity contribution in [2.45, 2.75) is 6.42 Å². The maximum absolute atomic E-state index is 11.8. The molecule has 20 heavy (non-hydrogen) atoms. The van der Waals surface area contributed by atoms with E-state index < -0.39 is 5.97 Å². The van der Waals surface area contributed by atoms with Gasteiger partial charge in [-0.3, -0.25) is 9.59 Å². The second kappa shape index (κ2) is 6.27. The molecule has 6 heteroatoms. The van der Waals surface area contributed by atoms with Gasteiger partial charge < -0.3 is 19.6 Å². The number of aromatic hydroxyl groups is 1. The molecule has 1 saturated heterocycles. The van der Waals surface area contributed by atoms with E-state index in [1.807, 2.05) is 12.1 Å². The maximum atomic E-state index is 11.8. The molecule has 1 N–H and O–H groups in total. The number of anilines is 1. The Morgan fingerprint density at radius 1 is 1.15 bits per heavy atom. The third kappa shape index (κ3) is 3.40. The summed E-state index contributed by atoms with van der Waals surface area (Å²) in [4.78, 5) is 26.7. The fourth-order valence-corrected chi connectivity index (χ4v) is 2.18. The van der Waals surface area contributed by atoms with E-state index in [0.717, 1.165) is 5.69 Å². The van der Waals surface area contributed by atoms with Gasteiger partial charge in [-0.25, -0.2) is 0 Å². The van der Waals surface area contributed by atoms with E-state index in [9.17, 15) is 14.7 Å². The number of piperazine rings is 1. The Hall–Kier alpha value is -2.24. The van der Waals surface area contributed by atoms with Crippen LogP contribution in [0.2, 0.25) is 0 Å². The van der Waals surface area contributed by atoms with Gasteiger partial charge in [0.1, 0.15) is 12.2 Å². The smallest absolute Gasteiger partial charge is 0.315 e. The lowest BCUT2D eigenvalue weighted by molar-refractivity contribution is -0.146. The number of esters is 1. The Kier molecular flexibility index (Phi) is 4.45. The second-order valence-electron chi connectivity index (χ2n) is 4.64. The molecule has 1 aliphatic rings. The molecule has 0 saturated carbocycles. The summed E-state index contributed by atoms with van der Waals surface area (Å²) >= 11 is 0. The minimum Gasteiger partial charge on any atom is -0.508 e. The predicted octanol–water partition coefficient (Wildman–Crippen LogP) is 0.604. The largest absolute Gasteiger partial charge is 0.508 e. The minimum absolute atomic E-state index is 0.192. The molecular formula is C14H18N2O4. The van der Waals surface area contributed by atoms with E-state index in [4.69, 9.17) is 0 Å². The fourth-order valence-electron chi connectivity index (χ4n) is 2.18. The average molecular weight is 278 g/mol. The first-order valence-corrected chi connectivity index (χ1v) is 6.48. The zero-order valence-corrected chi connectivity index (χ0v) is 11.4. The highest BCUT2D eigenvalue weighted by atomic mass is 16.5. The highest BCUT2D eigenvalue weighted by Crippen LogP contribution is 2.19. The molecule has 1 aromatic rings. The van der Waals surface area contributed by atoms with E-state index in [-0.39, 0.29) is 18.1 Å². The highest BCUT2D eigenvalue weighted by molar-refractivity contribution is 5.94. The van der Waals surface area contributed by atoms with Crippen molar-refractivity contribution in [1.82, 2.24) is 4.90 Å². The predicted molar refractivity (Wildman–Crippen MR) is 73.5 cm³/mol. The summed E-state index contributed by atoms with van der Waals surface area (Å²) in [6, 6.07) is 6.98. The number of ether oxygens (including phenoxy) is 1. The Labute approximate surface area is 117 Å². The van der Waals surface area contributed by atoms with Crippen LogP contribution in [0.4, 0.5) is 5.69 Å². The van der Waals surface area contributed by atoms with Gasteiger partial charge in [0, 0.05) is 31.9 Å². The van der Waals surface area contributed by atoms with Gasteiger partial charge in [0.05, 0.1) is 7.11 Å². The molecule has 1 aliphatic heterocycles. The summed E-state index contributed by atoms with van der Waals surface area (Å²) in [6.45, 7) is 2.57. The lowest BCUT2D eigenvalue weighted by Gasteiger charge is -2.36. The summed E-state index contributed by atoms with van der Waals surface area (Å²) in [6.07, 6.45) is -0.199. The van der Waals surface area contributed by atoms with Gasteiger partial charge in [-0.05, 0) is 24.3 Å². The first-order valence-electron chi connectivity index (χ1n) is 6.48. The lowest BCUT2D eigenvalue weighted by Crippen LogP contribution is -2.49. The first kappa shape index (κ1) is 14.2. The molecule has 108 valence electrons. The standard InChI is InChI=1S/C14H18N2O4/c1-20-14(19)10-13(18)16-8-6-15(7-9-16)11-2-4-12(17)5-3-11/h2-5,17H,6-10H2,1H3. The number of nitrogens with zero attached hydrogens (tertiary/aromatic N) is 2. The SMILES string of the molecule is COC(=O)CC(=O)N1CCN(c2ccc(O)cc2)CC1. The van der Waals surface area contributed by atoms with Crippen LogP contribution in [0, 0.1) is 0 Å². The monoisotopic (exact) mass is 278 g/mol. The zero-order chi connectivity index (χ0) is 14.5. The second-order valence-corrected chi connectivity index (χ2v) is 4.64. The van der Waals surface area contributed by atoms with Crippen molar-refractivity contribution in [3.63, 3.8) is 0 Å². The molecule has 1 fully saturated rings. The summed E-state index contributed by atoms with van der Waals surface area (Å²) in [5, 5.41) is 9.26. The van der Waals surface area contributed by atoms with Crippen molar-refractivity contribution in [1.29, 1.82) is 0 Å². The van der Waals surface area contributed by atoms with Gasteiger partial charge in [0.25, 0.3) is 0 Å². The van der Waals surface area contributed by atoms with Crippen molar-refractivity contribution in [3.8, 4) is 5.75 Å². The summed E-state index contributed by atoms with van der Waals surface area (Å²) in [7, 11) is 1.28. The number of carbonyl (C=O) groups is 2. The molecule has 1 aromatic carbocycles. The van der Waals surface area contributed by atoms with Crippen LogP contribution in [-0.2, 0) is 14.3 Å². The van der Waals surface area contributed by atoms with E-state index in [0.29, 0.717) is 26.2 Å². The Balaban J connectivity index is 1.87.